The number of aliphatic hydroxyl groups is 1. The molecule has 0 saturated heterocycles. The Kier molecular flexibility index (Phi) is 842. The van der Waals surface area contributed by atoms with Gasteiger partial charge in [0, 0.05) is 7.11 Å². The van der Waals surface area contributed by atoms with Gasteiger partial charge in [0.2, 0.25) is 0 Å². The second-order valence-corrected chi connectivity index (χ2v) is 0. The zero-order valence-corrected chi connectivity index (χ0v) is 2.56. The molecule has 0 radical (unpaired) electrons. The maximum absolute atomic E-state index is 8.00. The normalized spacial score (nSPS) is 2.00. The van der Waals surface area contributed by atoms with Gasteiger partial charge in [0.15, 0.2) is 0 Å². The van der Waals surface area contributed by atoms with Crippen molar-refractivity contribution in [1.29, 1.82) is 0 Å². The summed E-state index contributed by atoms with van der Waals surface area (Å²) in [5.74, 6) is 0. The van der Waals surface area contributed by atoms with Crippen molar-refractivity contribution in [2.75, 3.05) is 7.11 Å². The summed E-state index contributed by atoms with van der Waals surface area (Å²) in [6.45, 7) is 2.00. The molecule has 0 aromatic rings. The molecule has 5 heavy (non-hydrogen) atoms. The highest BCUT2D eigenvalue weighted by Gasteiger charge is 0.839. The van der Waals surface area contributed by atoms with Crippen LogP contribution in [0.15, 0.2) is 0 Å². The van der Waals surface area contributed by atoms with E-state index in [1.807, 2.05) is 6.79 Å². The van der Waals surface area contributed by atoms with Gasteiger partial charge in [-0.3, -0.25) is 0 Å². The van der Waals surface area contributed by atoms with Gasteiger partial charge in [-0.2, -0.15) is 0 Å². The lowest BCUT2D eigenvalue weighted by atomic mass is 11.8. The van der Waals surface area contributed by atoms with Crippen LogP contribution in [0, 0.1) is 0 Å². The largest absolute Gasteiger partial charge is 0.400 e. The van der Waals surface area contributed by atoms with E-state index in [0.29, 0.717) is 0 Å². The standard InChI is InChI=1S/CH4O.CH2O.CH4/c2*1-2;/h2H,1H3;1H2;1H4. The maximum atomic E-state index is 8.00. The van der Waals surface area contributed by atoms with Crippen molar-refractivity contribution in [2.24, 2.45) is 0 Å². The zero-order valence-electron chi connectivity index (χ0n) is 2.56. The van der Waals surface area contributed by atoms with E-state index in [9.17, 15) is 0 Å². The van der Waals surface area contributed by atoms with Gasteiger partial charge in [0.25, 0.3) is 0 Å². The van der Waals surface area contributed by atoms with Gasteiger partial charge in [-0.05, 0) is 0 Å². The molecule has 0 aliphatic rings. The lowest BCUT2D eigenvalue weighted by Crippen LogP contribution is -1.25. The SMILES string of the molecule is C.C=O.CO. The summed E-state index contributed by atoms with van der Waals surface area (Å²) in [6, 6.07) is 0. The average Bonchev–Trinajstić information content (AvgIpc) is 1.50. The molecular weight excluding hydrogens is 68.0 g/mol. The van der Waals surface area contributed by atoms with Crippen molar-refractivity contribution in [3.8, 4) is 0 Å². The predicted octanol–water partition coefficient (Wildman–Crippen LogP) is 0.0597. The molecule has 0 aliphatic heterocycles. The fourth-order valence-electron chi connectivity index (χ4n) is 0. The number of hydrogen-bond acceptors (Lipinski definition) is 2. The molecule has 0 rings (SSSR count). The second kappa shape index (κ2) is 183. The molecule has 0 aromatic carbocycles. The Labute approximate surface area is 32.4 Å². The van der Waals surface area contributed by atoms with E-state index >= 15 is 0 Å². The van der Waals surface area contributed by atoms with Crippen molar-refractivity contribution in [1.82, 2.24) is 0 Å². The predicted molar refractivity (Wildman–Crippen MR) is 22.0 cm³/mol. The summed E-state index contributed by atoms with van der Waals surface area (Å²) in [6.07, 6.45) is 0. The molecule has 0 saturated carbocycles. The molecule has 0 atom stereocenters. The molecule has 0 bridgehead atoms. The molecule has 0 aromatic heterocycles. The lowest BCUT2D eigenvalue weighted by molar-refractivity contribution is -0.0979. The van der Waals surface area contributed by atoms with Crippen molar-refractivity contribution < 1.29 is 9.90 Å². The van der Waals surface area contributed by atoms with E-state index in [2.05, 4.69) is 0 Å². The van der Waals surface area contributed by atoms with Crippen molar-refractivity contribution in [3.63, 3.8) is 0 Å². The quantitative estimate of drug-likeness (QED) is 0.445. The number of carbonyl (C=O) groups is 1. The Morgan fingerprint density at radius 1 is 1.40 bits per heavy atom. The highest BCUT2D eigenvalue weighted by molar-refractivity contribution is 5.10. The summed E-state index contributed by atoms with van der Waals surface area (Å²) >= 11 is 0. The summed E-state index contributed by atoms with van der Waals surface area (Å²) in [4.78, 5) is 8.00. The lowest BCUT2D eigenvalue weighted by Gasteiger charge is -1.21. The minimum Gasteiger partial charge on any atom is -0.400 e. The van der Waals surface area contributed by atoms with Crippen LogP contribution in [0.5, 0.6) is 0 Å². The molecule has 0 amide bonds. The third-order valence-corrected chi connectivity index (χ3v) is 0. The molecular formula is C3H10O2. The summed E-state index contributed by atoms with van der Waals surface area (Å²) < 4.78 is 0. The summed E-state index contributed by atoms with van der Waals surface area (Å²) in [5, 5.41) is 7.00. The van der Waals surface area contributed by atoms with Gasteiger partial charge >= 0.3 is 0 Å². The van der Waals surface area contributed by atoms with E-state index in [1.54, 1.807) is 0 Å². The van der Waals surface area contributed by atoms with Gasteiger partial charge in [0.1, 0.15) is 6.79 Å². The number of aliphatic hydroxyl groups excluding tert-OH is 1. The molecule has 0 aliphatic carbocycles. The van der Waals surface area contributed by atoms with Gasteiger partial charge < -0.3 is 9.90 Å². The van der Waals surface area contributed by atoms with E-state index in [4.69, 9.17) is 9.90 Å². The van der Waals surface area contributed by atoms with Crippen molar-refractivity contribution in [2.45, 2.75) is 7.43 Å². The minimum absolute atomic E-state index is 0. The highest BCUT2D eigenvalue weighted by atomic mass is 16.2. The molecule has 0 unspecified atom stereocenters. The Balaban J connectivity index is -0.0000000133. The van der Waals surface area contributed by atoms with Crippen LogP contribution in [-0.2, 0) is 4.79 Å². The Morgan fingerprint density at radius 2 is 1.40 bits per heavy atom. The van der Waals surface area contributed by atoms with Gasteiger partial charge in [-0.15, -0.1) is 0 Å². The van der Waals surface area contributed by atoms with E-state index < -0.39 is 0 Å². The Hall–Kier alpha value is -0.370. The molecule has 34 valence electrons. The summed E-state index contributed by atoms with van der Waals surface area (Å²) in [5.41, 5.74) is 0. The highest BCUT2D eigenvalue weighted by Crippen LogP contribution is 0.755. The molecule has 2 nitrogen and oxygen atoms in total. The molecule has 2 heteroatoms. The smallest absolute Gasteiger partial charge is 0.106 e. The third kappa shape index (κ3) is 70.4. The maximum Gasteiger partial charge on any atom is 0.106 e. The van der Waals surface area contributed by atoms with E-state index in [1.165, 1.54) is 0 Å². The molecule has 1 N–H and O–H groups in total. The van der Waals surface area contributed by atoms with Crippen LogP contribution in [0.1, 0.15) is 7.43 Å². The van der Waals surface area contributed by atoms with Crippen LogP contribution < -0.4 is 0 Å². The monoisotopic (exact) mass is 78.1 g/mol. The summed E-state index contributed by atoms with van der Waals surface area (Å²) in [7, 11) is 1.00. The fraction of sp³-hybridized carbons (Fsp3) is 0.667. The van der Waals surface area contributed by atoms with E-state index in [-0.39, 0.29) is 7.43 Å². The first-order valence-corrected chi connectivity index (χ1v) is 0.736. The Morgan fingerprint density at radius 3 is 1.40 bits per heavy atom. The number of rotatable bonds is 0. The van der Waals surface area contributed by atoms with Crippen molar-refractivity contribution in [3.05, 3.63) is 0 Å². The van der Waals surface area contributed by atoms with Crippen LogP contribution in [0.25, 0.3) is 0 Å². The zero-order chi connectivity index (χ0) is 4.00. The van der Waals surface area contributed by atoms with Gasteiger partial charge in [-0.1, -0.05) is 7.43 Å². The van der Waals surface area contributed by atoms with Crippen LogP contribution in [0.3, 0.4) is 0 Å². The van der Waals surface area contributed by atoms with Gasteiger partial charge in [-0.25, -0.2) is 0 Å². The van der Waals surface area contributed by atoms with Crippen LogP contribution in [-0.4, -0.2) is 19.0 Å². The van der Waals surface area contributed by atoms with Gasteiger partial charge in [0.05, 0.1) is 0 Å². The number of carbonyl (C=O) groups excluding carboxylic acids is 1. The first kappa shape index (κ1) is 23.0. The van der Waals surface area contributed by atoms with Crippen LogP contribution >= 0.6 is 0 Å². The molecule has 0 spiro atoms. The average molecular weight is 78.1 g/mol. The topological polar surface area (TPSA) is 37.3 Å². The van der Waals surface area contributed by atoms with E-state index in [0.717, 1.165) is 7.11 Å². The molecule has 0 fully saturated rings. The minimum atomic E-state index is 0. The molecule has 0 heterocycles. The third-order valence-electron chi connectivity index (χ3n) is 0. The number of hydrogen-bond donors (Lipinski definition) is 1. The van der Waals surface area contributed by atoms with Crippen LogP contribution in [0.2, 0.25) is 0 Å². The first-order chi connectivity index (χ1) is 2.00. The van der Waals surface area contributed by atoms with Crippen LogP contribution in [0.4, 0.5) is 0 Å². The second-order valence-electron chi connectivity index (χ2n) is 0. The fourth-order valence-corrected chi connectivity index (χ4v) is 0. The van der Waals surface area contributed by atoms with Crippen molar-refractivity contribution >= 4 is 6.79 Å². The first-order valence-electron chi connectivity index (χ1n) is 0.736. The Bertz CT molecular complexity index is 4.85.